The summed E-state index contributed by atoms with van der Waals surface area (Å²) in [5.74, 6) is -2.18. The van der Waals surface area contributed by atoms with Crippen molar-refractivity contribution >= 4 is 11.7 Å². The van der Waals surface area contributed by atoms with E-state index >= 15 is 0 Å². The van der Waals surface area contributed by atoms with Crippen LogP contribution in [0.15, 0.2) is 45.8 Å². The molecule has 20 heavy (non-hydrogen) atoms. The summed E-state index contributed by atoms with van der Waals surface area (Å²) in [6.07, 6.45) is 0.480. The second-order valence-corrected chi connectivity index (χ2v) is 4.70. The Balaban J connectivity index is 2.22. The van der Waals surface area contributed by atoms with Crippen molar-refractivity contribution in [1.29, 1.82) is 0 Å². The summed E-state index contributed by atoms with van der Waals surface area (Å²) in [4.78, 5) is 11.4. The van der Waals surface area contributed by atoms with Crippen LogP contribution in [0.3, 0.4) is 0 Å². The van der Waals surface area contributed by atoms with Crippen LogP contribution in [-0.2, 0) is 11.2 Å². The topological polar surface area (TPSA) is 74.4 Å². The SMILES string of the molecule is O=C(O)[C@@H](CCF)[C@H](Cc1ccccc1)C1=NN=NC1. The summed E-state index contributed by atoms with van der Waals surface area (Å²) in [5, 5.41) is 20.6. The van der Waals surface area contributed by atoms with Crippen molar-refractivity contribution in [2.75, 3.05) is 13.2 Å². The van der Waals surface area contributed by atoms with Gasteiger partial charge >= 0.3 is 5.97 Å². The number of nitrogens with zero attached hydrogens (tertiary/aromatic N) is 3. The lowest BCUT2D eigenvalue weighted by Gasteiger charge is -2.22. The maximum Gasteiger partial charge on any atom is 0.307 e. The molecule has 0 bridgehead atoms. The zero-order chi connectivity index (χ0) is 14.4. The number of rotatable bonds is 7. The molecule has 1 aromatic rings. The van der Waals surface area contributed by atoms with Crippen LogP contribution in [0.1, 0.15) is 12.0 Å². The number of halogens is 1. The van der Waals surface area contributed by atoms with Gasteiger partial charge < -0.3 is 5.11 Å². The summed E-state index contributed by atoms with van der Waals surface area (Å²) in [5.41, 5.74) is 1.62. The van der Waals surface area contributed by atoms with Gasteiger partial charge in [0.2, 0.25) is 0 Å². The average Bonchev–Trinajstić information content (AvgIpc) is 2.97. The average molecular weight is 277 g/mol. The van der Waals surface area contributed by atoms with Crippen LogP contribution in [0, 0.1) is 11.8 Å². The van der Waals surface area contributed by atoms with Crippen LogP contribution < -0.4 is 0 Å². The molecule has 1 aliphatic rings. The monoisotopic (exact) mass is 277 g/mol. The number of carboxylic acids is 1. The number of benzene rings is 1. The van der Waals surface area contributed by atoms with E-state index in [1.165, 1.54) is 0 Å². The Labute approximate surface area is 116 Å². The van der Waals surface area contributed by atoms with E-state index in [4.69, 9.17) is 0 Å². The molecule has 0 saturated carbocycles. The van der Waals surface area contributed by atoms with Gasteiger partial charge in [0.1, 0.15) is 6.54 Å². The molecule has 106 valence electrons. The zero-order valence-electron chi connectivity index (χ0n) is 10.9. The van der Waals surface area contributed by atoms with Crippen molar-refractivity contribution in [2.45, 2.75) is 12.8 Å². The second-order valence-electron chi connectivity index (χ2n) is 4.70. The third kappa shape index (κ3) is 3.46. The predicted octanol–water partition coefficient (Wildman–Crippen LogP) is 2.73. The highest BCUT2D eigenvalue weighted by atomic mass is 19.1. The van der Waals surface area contributed by atoms with Gasteiger partial charge in [0.15, 0.2) is 0 Å². The standard InChI is InChI=1S/C14H16FN3O2/c15-7-6-11(14(19)20)12(13-9-16-18-17-13)8-10-4-2-1-3-5-10/h1-5,11-12H,6-9H2,(H,19,20)/t11-,12-/m0/s1. The number of carboxylic acid groups (broad SMARTS) is 1. The molecule has 1 heterocycles. The minimum atomic E-state index is -1.00. The van der Waals surface area contributed by atoms with Crippen LogP contribution in [0.5, 0.6) is 0 Å². The summed E-state index contributed by atoms with van der Waals surface area (Å²) in [7, 11) is 0. The van der Waals surface area contributed by atoms with Crippen LogP contribution in [-0.4, -0.2) is 30.0 Å². The van der Waals surface area contributed by atoms with Crippen molar-refractivity contribution in [1.82, 2.24) is 0 Å². The van der Waals surface area contributed by atoms with Crippen molar-refractivity contribution in [3.63, 3.8) is 0 Å². The lowest BCUT2D eigenvalue weighted by Crippen LogP contribution is -2.32. The molecule has 6 heteroatoms. The number of hydrogen-bond acceptors (Lipinski definition) is 4. The zero-order valence-corrected chi connectivity index (χ0v) is 10.9. The van der Waals surface area contributed by atoms with Gasteiger partial charge in [-0.25, -0.2) is 0 Å². The number of hydrogen-bond donors (Lipinski definition) is 1. The highest BCUT2D eigenvalue weighted by molar-refractivity contribution is 5.92. The first-order valence-corrected chi connectivity index (χ1v) is 6.48. The van der Waals surface area contributed by atoms with Gasteiger partial charge in [0.05, 0.1) is 18.3 Å². The maximum absolute atomic E-state index is 12.6. The molecule has 2 rings (SSSR count). The minimum Gasteiger partial charge on any atom is -0.481 e. The lowest BCUT2D eigenvalue weighted by molar-refractivity contribution is -0.143. The molecule has 0 unspecified atom stereocenters. The Bertz CT molecular complexity index is 516. The third-order valence-corrected chi connectivity index (χ3v) is 3.42. The molecule has 1 aromatic carbocycles. The van der Waals surface area contributed by atoms with E-state index in [0.29, 0.717) is 18.7 Å². The van der Waals surface area contributed by atoms with E-state index in [1.807, 2.05) is 30.3 Å². The Hall–Kier alpha value is -2.11. The smallest absolute Gasteiger partial charge is 0.307 e. The normalized spacial score (nSPS) is 16.8. The molecule has 0 radical (unpaired) electrons. The van der Waals surface area contributed by atoms with Gasteiger partial charge in [-0.05, 0) is 23.6 Å². The van der Waals surface area contributed by atoms with Crippen LogP contribution in [0.2, 0.25) is 0 Å². The third-order valence-electron chi connectivity index (χ3n) is 3.42. The largest absolute Gasteiger partial charge is 0.481 e. The highest BCUT2D eigenvalue weighted by Crippen LogP contribution is 2.25. The summed E-state index contributed by atoms with van der Waals surface area (Å²) in [6.45, 7) is -0.364. The summed E-state index contributed by atoms with van der Waals surface area (Å²) in [6, 6.07) is 9.52. The molecule has 1 aliphatic heterocycles. The predicted molar refractivity (Wildman–Crippen MR) is 72.5 cm³/mol. The van der Waals surface area contributed by atoms with Crippen molar-refractivity contribution in [2.24, 2.45) is 27.3 Å². The van der Waals surface area contributed by atoms with Gasteiger partial charge in [-0.15, -0.1) is 5.10 Å². The first-order valence-electron chi connectivity index (χ1n) is 6.48. The molecule has 2 atom stereocenters. The molecule has 5 nitrogen and oxygen atoms in total. The number of carbonyl (C=O) groups is 1. The van der Waals surface area contributed by atoms with Gasteiger partial charge in [-0.2, -0.15) is 5.11 Å². The molecule has 0 spiro atoms. The van der Waals surface area contributed by atoms with E-state index in [1.54, 1.807) is 0 Å². The maximum atomic E-state index is 12.6. The molecule has 0 aromatic heterocycles. The van der Waals surface area contributed by atoms with E-state index < -0.39 is 18.6 Å². The lowest BCUT2D eigenvalue weighted by atomic mass is 9.81. The van der Waals surface area contributed by atoms with Crippen LogP contribution in [0.4, 0.5) is 4.39 Å². The molecular formula is C14H16FN3O2. The Morgan fingerprint density at radius 2 is 2.10 bits per heavy atom. The van der Waals surface area contributed by atoms with Gasteiger partial charge in [0.25, 0.3) is 0 Å². The molecule has 0 aliphatic carbocycles. The first-order chi connectivity index (χ1) is 9.72. The molecular weight excluding hydrogens is 261 g/mol. The van der Waals surface area contributed by atoms with Gasteiger partial charge in [0, 0.05) is 5.92 Å². The molecule has 1 N–H and O–H groups in total. The fourth-order valence-corrected chi connectivity index (χ4v) is 2.39. The van der Waals surface area contributed by atoms with E-state index in [2.05, 4.69) is 15.4 Å². The number of aliphatic carboxylic acids is 1. The molecule has 0 amide bonds. The highest BCUT2D eigenvalue weighted by Gasteiger charge is 2.33. The minimum absolute atomic E-state index is 0.0220. The van der Waals surface area contributed by atoms with Crippen molar-refractivity contribution in [3.8, 4) is 0 Å². The van der Waals surface area contributed by atoms with E-state index in [0.717, 1.165) is 5.56 Å². The first kappa shape index (κ1) is 14.3. The van der Waals surface area contributed by atoms with E-state index in [9.17, 15) is 14.3 Å². The quantitative estimate of drug-likeness (QED) is 0.832. The van der Waals surface area contributed by atoms with Gasteiger partial charge in [-0.3, -0.25) is 9.18 Å². The molecule has 0 saturated heterocycles. The number of alkyl halides is 1. The summed E-state index contributed by atoms with van der Waals surface area (Å²) < 4.78 is 12.6. The fraction of sp³-hybridized carbons (Fsp3) is 0.429. The van der Waals surface area contributed by atoms with Crippen LogP contribution in [0.25, 0.3) is 0 Å². The van der Waals surface area contributed by atoms with Gasteiger partial charge in [-0.1, -0.05) is 30.3 Å². The molecule has 0 fully saturated rings. The van der Waals surface area contributed by atoms with Crippen molar-refractivity contribution < 1.29 is 14.3 Å². The van der Waals surface area contributed by atoms with Crippen LogP contribution >= 0.6 is 0 Å². The van der Waals surface area contributed by atoms with E-state index in [-0.39, 0.29) is 12.3 Å². The second kappa shape index (κ2) is 6.88. The Morgan fingerprint density at radius 1 is 1.35 bits per heavy atom. The Morgan fingerprint density at radius 3 is 2.65 bits per heavy atom. The Kier molecular flexibility index (Phi) is 4.92. The fourth-order valence-electron chi connectivity index (χ4n) is 2.39. The summed E-state index contributed by atoms with van der Waals surface area (Å²) >= 11 is 0. The van der Waals surface area contributed by atoms with Crippen molar-refractivity contribution in [3.05, 3.63) is 35.9 Å².